The highest BCUT2D eigenvalue weighted by Gasteiger charge is 2.51. The summed E-state index contributed by atoms with van der Waals surface area (Å²) < 4.78 is 27.0. The van der Waals surface area contributed by atoms with Gasteiger partial charge in [-0.1, -0.05) is 14.9 Å². The van der Waals surface area contributed by atoms with Crippen molar-refractivity contribution in [1.82, 2.24) is 40.3 Å². The first kappa shape index (κ1) is 36.8. The normalized spacial score (nSPS) is 26.4. The fourth-order valence-corrected chi connectivity index (χ4v) is 5.05. The van der Waals surface area contributed by atoms with Crippen molar-refractivity contribution in [3.63, 3.8) is 0 Å². The molecular formula is C28H38N8O11. The van der Waals surface area contributed by atoms with Gasteiger partial charge in [-0.05, 0) is 0 Å². The summed E-state index contributed by atoms with van der Waals surface area (Å²) >= 11 is 0. The number of ether oxygens (including phenoxy) is 5. The van der Waals surface area contributed by atoms with Gasteiger partial charge in [0.05, 0.1) is 30.4 Å². The van der Waals surface area contributed by atoms with E-state index in [9.17, 15) is 24.6 Å². The van der Waals surface area contributed by atoms with Gasteiger partial charge in [0.25, 0.3) is 0 Å². The Morgan fingerprint density at radius 3 is 1.77 bits per heavy atom. The number of aromatic amines is 2. The molecule has 0 radical (unpaired) electrons. The molecule has 0 aromatic carbocycles. The molecule has 256 valence electrons. The average molecular weight is 663 g/mol. The molecule has 8 atom stereocenters. The number of H-pyrrole nitrogens is 2. The van der Waals surface area contributed by atoms with E-state index in [1.807, 2.05) is 0 Å². The van der Waals surface area contributed by atoms with Crippen molar-refractivity contribution < 1.29 is 53.4 Å². The number of hydrogen-bond acceptors (Lipinski definition) is 17. The number of nitrogens with zero attached hydrogens (tertiary/aromatic N) is 6. The maximum Gasteiger partial charge on any atom is 0.303 e. The number of hydrogen-bond donors (Lipinski definition) is 5. The Bertz CT molecular complexity index is 1670. The van der Waals surface area contributed by atoms with Crippen molar-refractivity contribution in [1.29, 1.82) is 0 Å². The molecule has 2 aliphatic rings. The molecule has 47 heavy (non-hydrogen) atoms. The van der Waals surface area contributed by atoms with Crippen LogP contribution in [0.1, 0.15) is 59.2 Å². The average Bonchev–Trinajstić information content (AvgIpc) is 3.77. The first-order valence-corrected chi connectivity index (χ1v) is 13.6. The molecule has 0 spiro atoms. The van der Waals surface area contributed by atoms with Crippen molar-refractivity contribution >= 4 is 40.0 Å². The Hall–Kier alpha value is -4.69. The third kappa shape index (κ3) is 7.83. The lowest BCUT2D eigenvalue weighted by molar-refractivity contribution is -0.165. The summed E-state index contributed by atoms with van der Waals surface area (Å²) in [5.74, 6) is -1.70. The van der Waals surface area contributed by atoms with Gasteiger partial charge in [-0.25, -0.2) is 19.9 Å². The van der Waals surface area contributed by atoms with Crippen LogP contribution in [0.25, 0.3) is 22.1 Å². The fourth-order valence-electron chi connectivity index (χ4n) is 5.05. The number of carbonyl (C=O) groups is 3. The van der Waals surface area contributed by atoms with Crippen LogP contribution in [0, 0.1) is 0 Å². The van der Waals surface area contributed by atoms with Gasteiger partial charge >= 0.3 is 17.9 Å². The number of nitrogens with one attached hydrogen (secondary N) is 2. The van der Waals surface area contributed by atoms with Crippen LogP contribution in [-0.4, -0.2) is 123 Å². The first-order chi connectivity index (χ1) is 21.6. The van der Waals surface area contributed by atoms with Crippen LogP contribution in [0.15, 0.2) is 25.0 Å². The van der Waals surface area contributed by atoms with Crippen molar-refractivity contribution in [2.24, 2.45) is 0 Å². The van der Waals surface area contributed by atoms with Gasteiger partial charge in [0, 0.05) is 20.8 Å². The minimum absolute atomic E-state index is 0. The molecule has 0 bridgehead atoms. The van der Waals surface area contributed by atoms with E-state index in [0.717, 1.165) is 0 Å². The lowest BCUT2D eigenvalue weighted by Crippen LogP contribution is -2.40. The van der Waals surface area contributed by atoms with Gasteiger partial charge in [0.1, 0.15) is 78.0 Å². The lowest BCUT2D eigenvalue weighted by atomic mass is 10.0. The quantitative estimate of drug-likeness (QED) is 0.129. The zero-order chi connectivity index (χ0) is 32.2. The van der Waals surface area contributed by atoms with Crippen LogP contribution in [0.2, 0.25) is 0 Å². The van der Waals surface area contributed by atoms with Crippen LogP contribution in [-0.2, 0) is 38.1 Å². The smallest absolute Gasteiger partial charge is 0.303 e. The number of rotatable bonds is 7. The van der Waals surface area contributed by atoms with E-state index in [-0.39, 0.29) is 28.1 Å². The Morgan fingerprint density at radius 1 is 0.766 bits per heavy atom. The van der Waals surface area contributed by atoms with Crippen molar-refractivity contribution in [2.75, 3.05) is 13.2 Å². The molecule has 6 rings (SSSR count). The van der Waals surface area contributed by atoms with Gasteiger partial charge in [0.15, 0.2) is 12.2 Å². The van der Waals surface area contributed by atoms with Crippen LogP contribution in [0.3, 0.4) is 0 Å². The lowest BCUT2D eigenvalue weighted by Gasteiger charge is -2.23. The second-order valence-corrected chi connectivity index (χ2v) is 10.1. The van der Waals surface area contributed by atoms with Crippen molar-refractivity contribution in [2.45, 2.75) is 84.5 Å². The van der Waals surface area contributed by atoms with E-state index in [1.165, 1.54) is 45.8 Å². The van der Waals surface area contributed by atoms with E-state index >= 15 is 0 Å². The Kier molecular flexibility index (Phi) is 12.3. The molecule has 5 N–H and O–H groups in total. The molecule has 0 saturated carbocycles. The largest absolute Gasteiger partial charge is 0.463 e. The van der Waals surface area contributed by atoms with E-state index in [1.54, 1.807) is 0 Å². The maximum absolute atomic E-state index is 11.6. The monoisotopic (exact) mass is 662 g/mol. The number of aliphatic hydroxyl groups is 3. The van der Waals surface area contributed by atoms with Crippen molar-refractivity contribution in [3.8, 4) is 0 Å². The number of carbonyl (C=O) groups excluding carboxylic acids is 3. The summed E-state index contributed by atoms with van der Waals surface area (Å²) in [5.41, 5.74) is 2.94. The minimum Gasteiger partial charge on any atom is -0.463 e. The SMILES string of the molecule is C.C.CC(=O)OC[C@H]1O[C@@H](c2[nH]nc3cncnc23)[C@H](OC(C)=O)[C@@H]1OC(C)=O.OC[C@H]1O[C@@H](c2[nH]nc3cncnc23)[C@H](O)[C@@H]1O. The van der Waals surface area contributed by atoms with Crippen LogP contribution in [0.4, 0.5) is 0 Å². The molecule has 4 aromatic rings. The van der Waals surface area contributed by atoms with Crippen LogP contribution in [0.5, 0.6) is 0 Å². The number of aliphatic hydroxyl groups excluding tert-OH is 3. The summed E-state index contributed by atoms with van der Waals surface area (Å²) in [4.78, 5) is 50.3. The van der Waals surface area contributed by atoms with Crippen LogP contribution < -0.4 is 0 Å². The van der Waals surface area contributed by atoms with Crippen molar-refractivity contribution in [3.05, 3.63) is 36.4 Å². The Balaban J connectivity index is 0.000000262. The number of fused-ring (bicyclic) bond motifs is 2. The molecule has 19 heteroatoms. The molecule has 2 fully saturated rings. The van der Waals surface area contributed by atoms with E-state index in [2.05, 4.69) is 40.3 Å². The maximum atomic E-state index is 11.6. The molecule has 4 aromatic heterocycles. The van der Waals surface area contributed by atoms with Gasteiger partial charge in [-0.3, -0.25) is 24.6 Å². The van der Waals surface area contributed by atoms with Gasteiger partial charge in [-0.2, -0.15) is 10.2 Å². The molecule has 6 heterocycles. The Labute approximate surface area is 268 Å². The molecule has 19 nitrogen and oxygen atoms in total. The Morgan fingerprint density at radius 2 is 1.28 bits per heavy atom. The summed E-state index contributed by atoms with van der Waals surface area (Å²) in [6, 6.07) is 0. The zero-order valence-corrected chi connectivity index (χ0v) is 24.1. The molecule has 0 amide bonds. The predicted molar refractivity (Wildman–Crippen MR) is 159 cm³/mol. The second kappa shape index (κ2) is 15.7. The third-order valence-corrected chi connectivity index (χ3v) is 6.97. The summed E-state index contributed by atoms with van der Waals surface area (Å²) in [6.07, 6.45) is -1.79. The number of esters is 3. The van der Waals surface area contributed by atoms with Crippen LogP contribution >= 0.6 is 0 Å². The van der Waals surface area contributed by atoms with Gasteiger partial charge < -0.3 is 39.0 Å². The summed E-state index contributed by atoms with van der Waals surface area (Å²) in [5, 5.41) is 42.3. The van der Waals surface area contributed by atoms with E-state index in [4.69, 9.17) is 28.8 Å². The summed E-state index contributed by atoms with van der Waals surface area (Å²) in [7, 11) is 0. The third-order valence-electron chi connectivity index (χ3n) is 6.97. The van der Waals surface area contributed by atoms with Gasteiger partial charge in [0.2, 0.25) is 0 Å². The topological polar surface area (TPSA) is 267 Å². The molecular weight excluding hydrogens is 624 g/mol. The second-order valence-electron chi connectivity index (χ2n) is 10.1. The van der Waals surface area contributed by atoms with E-state index in [0.29, 0.717) is 33.5 Å². The highest BCUT2D eigenvalue weighted by atomic mass is 16.6. The minimum atomic E-state index is -1.14. The predicted octanol–water partition coefficient (Wildman–Crippen LogP) is -0.00160. The number of aromatic nitrogens is 8. The zero-order valence-electron chi connectivity index (χ0n) is 24.1. The highest BCUT2D eigenvalue weighted by molar-refractivity contribution is 5.77. The molecule has 0 unspecified atom stereocenters. The molecule has 0 aliphatic carbocycles. The fraction of sp³-hybridized carbons (Fsp3) is 0.536. The summed E-state index contributed by atoms with van der Waals surface area (Å²) in [6.45, 7) is 3.16. The van der Waals surface area contributed by atoms with Gasteiger partial charge in [-0.15, -0.1) is 0 Å². The molecule has 2 aliphatic heterocycles. The van der Waals surface area contributed by atoms with E-state index < -0.39 is 66.7 Å². The standard InChI is InChI=1S/C16H18N4O7.C10H12N4O4.2CH4/c1-7(21)24-5-11-14(25-8(2)22)16(26-9(3)23)15(27-11)13-12-10(19-20-13)4-17-6-18-12;15-2-5-8(16)9(17)10(18-5)7-6-4(13-14-7)1-11-3-12-6;;/h4,6,11,14-16H,5H2,1-3H3,(H,19,20);1,3,5,8-10,15-17H,2H2,(H,13,14);2*1H4/t11-,14-,15+,16-;5-,8-,9-,10+;;/m11../s1. The first-order valence-electron chi connectivity index (χ1n) is 13.6. The highest BCUT2D eigenvalue weighted by Crippen LogP contribution is 2.39. The molecule has 2 saturated heterocycles.